The lowest BCUT2D eigenvalue weighted by molar-refractivity contribution is -0.137. The third kappa shape index (κ3) is 3.65. The summed E-state index contributed by atoms with van der Waals surface area (Å²) in [6, 6.07) is 5.39. The lowest BCUT2D eigenvalue weighted by Crippen LogP contribution is -2.53. The normalized spacial score (nSPS) is 18.1. The summed E-state index contributed by atoms with van der Waals surface area (Å²) in [5, 5.41) is 6.94. The van der Waals surface area contributed by atoms with E-state index < -0.39 is 6.04 Å². The van der Waals surface area contributed by atoms with E-state index in [2.05, 4.69) is 23.7 Å². The molecule has 134 valence electrons. The second kappa shape index (κ2) is 7.70. The zero-order chi connectivity index (χ0) is 18.0. The van der Waals surface area contributed by atoms with E-state index >= 15 is 0 Å². The molecule has 2 amide bonds. The van der Waals surface area contributed by atoms with E-state index in [1.807, 2.05) is 30.2 Å². The molecule has 1 aliphatic rings. The summed E-state index contributed by atoms with van der Waals surface area (Å²) in [5.74, 6) is -0.0928. The second-order valence-corrected chi connectivity index (χ2v) is 8.63. The molecule has 3 rings (SSSR count). The zero-order valence-corrected chi connectivity index (χ0v) is 16.5. The number of carbonyl (C=O) groups excluding carboxylic acids is 2. The summed E-state index contributed by atoms with van der Waals surface area (Å²) in [7, 11) is 0. The largest absolute Gasteiger partial charge is 0.339 e. The Morgan fingerprint density at radius 1 is 1.28 bits per heavy atom. The number of hydrogen-bond acceptors (Lipinski definition) is 4. The number of amides is 2. The molecule has 0 radical (unpaired) electrons. The molecule has 6 heteroatoms. The Hall–Kier alpha value is -1.66. The van der Waals surface area contributed by atoms with Crippen LogP contribution in [-0.2, 0) is 11.2 Å². The van der Waals surface area contributed by atoms with Crippen molar-refractivity contribution in [2.24, 2.45) is 5.92 Å². The highest BCUT2D eigenvalue weighted by molar-refractivity contribution is 7.12. The SMILES string of the molecule is CCC1c2ccsc2CCN1C(=O)C(NC(=O)c1cccs1)C(C)C. The van der Waals surface area contributed by atoms with Crippen molar-refractivity contribution in [2.75, 3.05) is 6.54 Å². The van der Waals surface area contributed by atoms with Crippen LogP contribution in [0.2, 0.25) is 0 Å². The molecule has 0 aliphatic carbocycles. The maximum atomic E-state index is 13.3. The standard InChI is InChI=1S/C19H24N2O2S2/c1-4-14-13-8-11-25-15(13)7-9-21(14)19(23)17(12(2)3)20-18(22)16-6-5-10-24-16/h5-6,8,10-12,14,17H,4,7,9H2,1-3H3,(H,20,22). The Balaban J connectivity index is 1.80. The van der Waals surface area contributed by atoms with E-state index in [4.69, 9.17) is 0 Å². The van der Waals surface area contributed by atoms with E-state index in [-0.39, 0.29) is 23.8 Å². The Bertz CT molecular complexity index is 736. The number of rotatable bonds is 5. The summed E-state index contributed by atoms with van der Waals surface area (Å²) in [6.07, 6.45) is 1.79. The van der Waals surface area contributed by atoms with Gasteiger partial charge in [0, 0.05) is 11.4 Å². The summed E-state index contributed by atoms with van der Waals surface area (Å²) in [5.41, 5.74) is 1.28. The van der Waals surface area contributed by atoms with Gasteiger partial charge in [-0.15, -0.1) is 22.7 Å². The predicted molar refractivity (Wildman–Crippen MR) is 103 cm³/mol. The molecule has 25 heavy (non-hydrogen) atoms. The first-order chi connectivity index (χ1) is 12.0. The highest BCUT2D eigenvalue weighted by Crippen LogP contribution is 2.35. The first kappa shape index (κ1) is 18.1. The molecule has 1 N–H and O–H groups in total. The molecule has 0 saturated carbocycles. The minimum Gasteiger partial charge on any atom is -0.339 e. The van der Waals surface area contributed by atoms with Crippen LogP contribution in [0.15, 0.2) is 29.0 Å². The van der Waals surface area contributed by atoms with Crippen molar-refractivity contribution in [1.29, 1.82) is 0 Å². The first-order valence-electron chi connectivity index (χ1n) is 8.74. The van der Waals surface area contributed by atoms with Crippen molar-refractivity contribution < 1.29 is 9.59 Å². The van der Waals surface area contributed by atoms with Gasteiger partial charge in [0.1, 0.15) is 6.04 Å². The molecule has 0 spiro atoms. The molecule has 3 heterocycles. The van der Waals surface area contributed by atoms with Gasteiger partial charge in [0.15, 0.2) is 0 Å². The molecule has 0 saturated heterocycles. The van der Waals surface area contributed by atoms with Crippen LogP contribution in [-0.4, -0.2) is 29.3 Å². The average molecular weight is 377 g/mol. The third-order valence-corrected chi connectivity index (χ3v) is 6.59. The lowest BCUT2D eigenvalue weighted by Gasteiger charge is -2.38. The van der Waals surface area contributed by atoms with Gasteiger partial charge in [-0.1, -0.05) is 26.8 Å². The summed E-state index contributed by atoms with van der Waals surface area (Å²) >= 11 is 3.17. The van der Waals surface area contributed by atoms with Gasteiger partial charge in [0.2, 0.25) is 5.91 Å². The van der Waals surface area contributed by atoms with Crippen molar-refractivity contribution in [2.45, 2.75) is 45.7 Å². The lowest BCUT2D eigenvalue weighted by atomic mass is 9.94. The molecule has 0 bridgehead atoms. The van der Waals surface area contributed by atoms with E-state index in [1.165, 1.54) is 21.8 Å². The second-order valence-electron chi connectivity index (χ2n) is 6.68. The maximum Gasteiger partial charge on any atom is 0.262 e. The quantitative estimate of drug-likeness (QED) is 0.854. The average Bonchev–Trinajstić information content (AvgIpc) is 3.28. The topological polar surface area (TPSA) is 49.4 Å². The first-order valence-corrected chi connectivity index (χ1v) is 10.5. The summed E-state index contributed by atoms with van der Waals surface area (Å²) < 4.78 is 0. The Morgan fingerprint density at radius 2 is 2.08 bits per heavy atom. The highest BCUT2D eigenvalue weighted by Gasteiger charge is 2.36. The monoisotopic (exact) mass is 376 g/mol. The van der Waals surface area contributed by atoms with Crippen molar-refractivity contribution >= 4 is 34.5 Å². The smallest absolute Gasteiger partial charge is 0.262 e. The van der Waals surface area contributed by atoms with E-state index in [1.54, 1.807) is 17.4 Å². The number of nitrogens with zero attached hydrogens (tertiary/aromatic N) is 1. The van der Waals surface area contributed by atoms with Crippen LogP contribution >= 0.6 is 22.7 Å². The maximum absolute atomic E-state index is 13.3. The number of fused-ring (bicyclic) bond motifs is 1. The van der Waals surface area contributed by atoms with Crippen LogP contribution in [0.5, 0.6) is 0 Å². The number of hydrogen-bond donors (Lipinski definition) is 1. The highest BCUT2D eigenvalue weighted by atomic mass is 32.1. The number of thiophene rings is 2. The molecule has 1 aliphatic heterocycles. The third-order valence-electron chi connectivity index (χ3n) is 4.73. The van der Waals surface area contributed by atoms with Gasteiger partial charge < -0.3 is 10.2 Å². The molecular formula is C19H24N2O2S2. The van der Waals surface area contributed by atoms with E-state index in [0.717, 1.165) is 19.4 Å². The number of nitrogens with one attached hydrogen (secondary N) is 1. The van der Waals surface area contributed by atoms with Gasteiger partial charge >= 0.3 is 0 Å². The fourth-order valence-electron chi connectivity index (χ4n) is 3.41. The van der Waals surface area contributed by atoms with E-state index in [0.29, 0.717) is 4.88 Å². The molecule has 2 aromatic rings. The molecule has 2 aromatic heterocycles. The van der Waals surface area contributed by atoms with Crippen molar-refractivity contribution in [3.05, 3.63) is 44.3 Å². The molecular weight excluding hydrogens is 352 g/mol. The molecule has 4 nitrogen and oxygen atoms in total. The van der Waals surface area contributed by atoms with Gasteiger partial charge in [-0.25, -0.2) is 0 Å². The Labute approximate surface area is 156 Å². The van der Waals surface area contributed by atoms with Gasteiger partial charge in [0.05, 0.1) is 10.9 Å². The molecule has 0 aromatic carbocycles. The minimum atomic E-state index is -0.496. The van der Waals surface area contributed by atoms with Gasteiger partial charge in [-0.3, -0.25) is 9.59 Å². The van der Waals surface area contributed by atoms with Crippen LogP contribution in [0.4, 0.5) is 0 Å². The van der Waals surface area contributed by atoms with Crippen LogP contribution in [0.1, 0.15) is 53.3 Å². The van der Waals surface area contributed by atoms with Crippen molar-refractivity contribution in [1.82, 2.24) is 10.2 Å². The van der Waals surface area contributed by atoms with Crippen LogP contribution in [0.3, 0.4) is 0 Å². The van der Waals surface area contributed by atoms with Crippen LogP contribution in [0.25, 0.3) is 0 Å². The number of carbonyl (C=O) groups is 2. The van der Waals surface area contributed by atoms with Crippen LogP contribution in [0, 0.1) is 5.92 Å². The zero-order valence-electron chi connectivity index (χ0n) is 14.8. The van der Waals surface area contributed by atoms with Gasteiger partial charge in [0.25, 0.3) is 5.91 Å². The Morgan fingerprint density at radius 3 is 2.72 bits per heavy atom. The van der Waals surface area contributed by atoms with Crippen molar-refractivity contribution in [3.63, 3.8) is 0 Å². The summed E-state index contributed by atoms with van der Waals surface area (Å²) in [4.78, 5) is 29.7. The van der Waals surface area contributed by atoms with Crippen LogP contribution < -0.4 is 5.32 Å². The van der Waals surface area contributed by atoms with Crippen molar-refractivity contribution in [3.8, 4) is 0 Å². The Kier molecular flexibility index (Phi) is 5.59. The molecule has 2 atom stereocenters. The predicted octanol–water partition coefficient (Wildman–Crippen LogP) is 4.10. The fourth-order valence-corrected chi connectivity index (χ4v) is 4.97. The minimum absolute atomic E-state index is 0.0311. The summed E-state index contributed by atoms with van der Waals surface area (Å²) in [6.45, 7) is 6.81. The van der Waals surface area contributed by atoms with Gasteiger partial charge in [-0.05, 0) is 47.2 Å². The van der Waals surface area contributed by atoms with Gasteiger partial charge in [-0.2, -0.15) is 0 Å². The molecule has 2 unspecified atom stereocenters. The van der Waals surface area contributed by atoms with E-state index in [9.17, 15) is 9.59 Å². The fraction of sp³-hybridized carbons (Fsp3) is 0.474. The molecule has 0 fully saturated rings.